The highest BCUT2D eigenvalue weighted by atomic mass is 16.2. The van der Waals surface area contributed by atoms with Gasteiger partial charge in [-0.1, -0.05) is 18.2 Å². The van der Waals surface area contributed by atoms with Crippen molar-refractivity contribution in [2.24, 2.45) is 0 Å². The summed E-state index contributed by atoms with van der Waals surface area (Å²) in [7, 11) is 0. The predicted molar refractivity (Wildman–Crippen MR) is 81.2 cm³/mol. The third-order valence-corrected chi connectivity index (χ3v) is 4.34. The molecule has 0 saturated carbocycles. The van der Waals surface area contributed by atoms with Gasteiger partial charge in [-0.2, -0.15) is 0 Å². The van der Waals surface area contributed by atoms with Crippen molar-refractivity contribution >= 4 is 23.4 Å². The average molecular weight is 301 g/mol. The molecule has 2 fully saturated rings. The van der Waals surface area contributed by atoms with E-state index in [0.29, 0.717) is 31.9 Å². The summed E-state index contributed by atoms with van der Waals surface area (Å²) in [6.45, 7) is 4.03. The molecule has 3 amide bonds. The van der Waals surface area contributed by atoms with Gasteiger partial charge in [-0.15, -0.1) is 0 Å². The Balaban J connectivity index is 1.71. The molecule has 116 valence electrons. The second-order valence-corrected chi connectivity index (χ2v) is 5.66. The van der Waals surface area contributed by atoms with Crippen molar-refractivity contribution in [1.82, 2.24) is 9.80 Å². The fourth-order valence-corrected chi connectivity index (χ4v) is 3.10. The molecule has 0 spiro atoms. The van der Waals surface area contributed by atoms with Gasteiger partial charge in [0.1, 0.15) is 0 Å². The van der Waals surface area contributed by atoms with Crippen molar-refractivity contribution in [3.63, 3.8) is 0 Å². The molecule has 3 rings (SSSR count). The maximum absolute atomic E-state index is 12.6. The fraction of sp³-hybridized carbons (Fsp3) is 0.438. The first-order valence-electron chi connectivity index (χ1n) is 7.49. The molecule has 0 unspecified atom stereocenters. The Labute approximate surface area is 129 Å². The van der Waals surface area contributed by atoms with Crippen LogP contribution in [-0.4, -0.2) is 59.7 Å². The molecule has 2 heterocycles. The van der Waals surface area contributed by atoms with E-state index in [2.05, 4.69) is 0 Å². The van der Waals surface area contributed by atoms with Crippen LogP contribution in [0.25, 0.3) is 0 Å². The first kappa shape index (κ1) is 14.7. The highest BCUT2D eigenvalue weighted by Gasteiger charge is 2.43. The summed E-state index contributed by atoms with van der Waals surface area (Å²) in [4.78, 5) is 41.3. The van der Waals surface area contributed by atoms with Crippen molar-refractivity contribution in [2.75, 3.05) is 31.1 Å². The van der Waals surface area contributed by atoms with E-state index in [1.165, 1.54) is 4.90 Å². The van der Waals surface area contributed by atoms with Crippen LogP contribution in [0.5, 0.6) is 0 Å². The standard InChI is InChI=1S/C16H19N3O3/c1-12(20)17-7-9-18(10-8-17)14-11-15(21)19(16(14)22)13-5-3-2-4-6-13/h2-6,14H,7-11H2,1H3/t14-/m1/s1. The number of hydrogen-bond acceptors (Lipinski definition) is 4. The number of carbonyl (C=O) groups is 3. The molecule has 0 N–H and O–H groups in total. The van der Waals surface area contributed by atoms with Crippen LogP contribution in [0.1, 0.15) is 13.3 Å². The molecule has 6 nitrogen and oxygen atoms in total. The summed E-state index contributed by atoms with van der Waals surface area (Å²) in [5.41, 5.74) is 0.627. The van der Waals surface area contributed by atoms with Gasteiger partial charge >= 0.3 is 0 Å². The van der Waals surface area contributed by atoms with Gasteiger partial charge in [-0.05, 0) is 12.1 Å². The minimum absolute atomic E-state index is 0.0550. The molecular weight excluding hydrogens is 282 g/mol. The molecule has 1 aromatic rings. The number of amides is 3. The van der Waals surface area contributed by atoms with Gasteiger partial charge in [0.25, 0.3) is 5.91 Å². The Kier molecular flexibility index (Phi) is 3.94. The van der Waals surface area contributed by atoms with Gasteiger partial charge in [0.05, 0.1) is 18.2 Å². The lowest BCUT2D eigenvalue weighted by molar-refractivity contribution is -0.131. The quantitative estimate of drug-likeness (QED) is 0.746. The van der Waals surface area contributed by atoms with E-state index >= 15 is 0 Å². The first-order valence-corrected chi connectivity index (χ1v) is 7.49. The number of piperazine rings is 1. The zero-order valence-corrected chi connectivity index (χ0v) is 12.6. The van der Waals surface area contributed by atoms with E-state index in [9.17, 15) is 14.4 Å². The van der Waals surface area contributed by atoms with Crippen LogP contribution >= 0.6 is 0 Å². The van der Waals surface area contributed by atoms with Crippen molar-refractivity contribution in [3.05, 3.63) is 30.3 Å². The number of para-hydroxylation sites is 1. The van der Waals surface area contributed by atoms with Gasteiger partial charge in [0, 0.05) is 33.1 Å². The Morgan fingerprint density at radius 3 is 2.27 bits per heavy atom. The van der Waals surface area contributed by atoms with Gasteiger partial charge in [0.15, 0.2) is 0 Å². The normalized spacial score (nSPS) is 23.2. The van der Waals surface area contributed by atoms with E-state index < -0.39 is 6.04 Å². The maximum atomic E-state index is 12.6. The van der Waals surface area contributed by atoms with Crippen LogP contribution in [0.4, 0.5) is 5.69 Å². The lowest BCUT2D eigenvalue weighted by Crippen LogP contribution is -2.53. The topological polar surface area (TPSA) is 60.9 Å². The summed E-state index contributed by atoms with van der Waals surface area (Å²) in [6, 6.07) is 8.62. The van der Waals surface area contributed by atoms with Crippen molar-refractivity contribution in [3.8, 4) is 0 Å². The Bertz CT molecular complexity index is 594. The van der Waals surface area contributed by atoms with E-state index in [0.717, 1.165) is 0 Å². The monoisotopic (exact) mass is 301 g/mol. The van der Waals surface area contributed by atoms with Gasteiger partial charge in [0.2, 0.25) is 11.8 Å². The molecule has 2 saturated heterocycles. The average Bonchev–Trinajstić information content (AvgIpc) is 2.83. The first-order chi connectivity index (χ1) is 10.6. The lowest BCUT2D eigenvalue weighted by Gasteiger charge is -2.36. The molecule has 6 heteroatoms. The maximum Gasteiger partial charge on any atom is 0.251 e. The number of nitrogens with zero attached hydrogens (tertiary/aromatic N) is 3. The van der Waals surface area contributed by atoms with Crippen LogP contribution in [0.2, 0.25) is 0 Å². The van der Waals surface area contributed by atoms with Crippen molar-refractivity contribution in [1.29, 1.82) is 0 Å². The molecule has 0 radical (unpaired) electrons. The second-order valence-electron chi connectivity index (χ2n) is 5.66. The fourth-order valence-electron chi connectivity index (χ4n) is 3.10. The third-order valence-electron chi connectivity index (χ3n) is 4.34. The molecule has 22 heavy (non-hydrogen) atoms. The number of anilines is 1. The molecule has 2 aliphatic rings. The smallest absolute Gasteiger partial charge is 0.251 e. The Hall–Kier alpha value is -2.21. The van der Waals surface area contributed by atoms with Crippen LogP contribution in [0.15, 0.2) is 30.3 Å². The number of benzene rings is 1. The van der Waals surface area contributed by atoms with Crippen molar-refractivity contribution < 1.29 is 14.4 Å². The van der Waals surface area contributed by atoms with Crippen LogP contribution in [0, 0.1) is 0 Å². The molecule has 0 aromatic heterocycles. The Morgan fingerprint density at radius 2 is 1.68 bits per heavy atom. The number of imide groups is 1. The van der Waals surface area contributed by atoms with Crippen LogP contribution in [-0.2, 0) is 14.4 Å². The van der Waals surface area contributed by atoms with E-state index in [1.54, 1.807) is 24.0 Å². The molecule has 0 bridgehead atoms. The van der Waals surface area contributed by atoms with Crippen LogP contribution < -0.4 is 4.90 Å². The summed E-state index contributed by atoms with van der Waals surface area (Å²) < 4.78 is 0. The van der Waals surface area contributed by atoms with Crippen LogP contribution in [0.3, 0.4) is 0 Å². The predicted octanol–water partition coefficient (Wildman–Crippen LogP) is 0.483. The number of hydrogen-bond donors (Lipinski definition) is 0. The molecular formula is C16H19N3O3. The van der Waals surface area contributed by atoms with Gasteiger partial charge < -0.3 is 4.90 Å². The lowest BCUT2D eigenvalue weighted by atomic mass is 10.1. The highest BCUT2D eigenvalue weighted by Crippen LogP contribution is 2.26. The third kappa shape index (κ3) is 2.62. The van der Waals surface area contributed by atoms with Crippen molar-refractivity contribution in [2.45, 2.75) is 19.4 Å². The zero-order valence-electron chi connectivity index (χ0n) is 12.6. The Morgan fingerprint density at radius 1 is 1.05 bits per heavy atom. The molecule has 2 aliphatic heterocycles. The van der Waals surface area contributed by atoms with Gasteiger partial charge in [-0.3, -0.25) is 19.3 Å². The zero-order chi connectivity index (χ0) is 15.7. The molecule has 0 aliphatic carbocycles. The minimum atomic E-state index is -0.401. The SMILES string of the molecule is CC(=O)N1CCN([C@@H]2CC(=O)N(c3ccccc3)C2=O)CC1. The summed E-state index contributed by atoms with van der Waals surface area (Å²) >= 11 is 0. The number of carbonyl (C=O) groups excluding carboxylic acids is 3. The number of rotatable bonds is 2. The van der Waals surface area contributed by atoms with E-state index in [1.807, 2.05) is 23.1 Å². The minimum Gasteiger partial charge on any atom is -0.340 e. The van der Waals surface area contributed by atoms with E-state index in [-0.39, 0.29) is 24.1 Å². The van der Waals surface area contributed by atoms with Gasteiger partial charge in [-0.25, -0.2) is 4.90 Å². The largest absolute Gasteiger partial charge is 0.340 e. The van der Waals surface area contributed by atoms with E-state index in [4.69, 9.17) is 0 Å². The second kappa shape index (κ2) is 5.88. The molecule has 1 aromatic carbocycles. The summed E-state index contributed by atoms with van der Waals surface area (Å²) in [5.74, 6) is -0.262. The summed E-state index contributed by atoms with van der Waals surface area (Å²) in [5, 5.41) is 0. The molecule has 1 atom stereocenters. The summed E-state index contributed by atoms with van der Waals surface area (Å²) in [6.07, 6.45) is 0.216. The highest BCUT2D eigenvalue weighted by molar-refractivity contribution is 6.22.